The molecule has 0 radical (unpaired) electrons. The lowest BCUT2D eigenvalue weighted by Gasteiger charge is -2.63. The van der Waals surface area contributed by atoms with Crippen LogP contribution in [-0.2, 0) is 4.79 Å². The number of halogens is 1. The smallest absolute Gasteiger partial charge is 0.251 e. The van der Waals surface area contributed by atoms with Gasteiger partial charge in [0.25, 0.3) is 5.91 Å². The third-order valence-electron chi connectivity index (χ3n) is 7.97. The first-order valence-electron chi connectivity index (χ1n) is 12.5. The maximum absolute atomic E-state index is 13.2. The largest absolute Gasteiger partial charge is 0.489 e. The fourth-order valence-electron chi connectivity index (χ4n) is 6.20. The summed E-state index contributed by atoms with van der Waals surface area (Å²) in [5.74, 6) is 0.998. The van der Waals surface area contributed by atoms with E-state index in [9.17, 15) is 9.59 Å². The van der Waals surface area contributed by atoms with Gasteiger partial charge in [-0.15, -0.1) is 0 Å². The van der Waals surface area contributed by atoms with Gasteiger partial charge in [0.1, 0.15) is 24.2 Å². The molecule has 190 valence electrons. The van der Waals surface area contributed by atoms with Gasteiger partial charge >= 0.3 is 0 Å². The van der Waals surface area contributed by atoms with E-state index in [1.165, 1.54) is 0 Å². The van der Waals surface area contributed by atoms with Crippen molar-refractivity contribution in [2.75, 3.05) is 18.0 Å². The minimum atomic E-state index is -0.314. The molecule has 0 spiro atoms. The number of nitrogens with one attached hydrogen (secondary N) is 1. The summed E-state index contributed by atoms with van der Waals surface area (Å²) in [7, 11) is 0. The lowest BCUT2D eigenvalue weighted by atomic mass is 9.49. The number of piperidine rings is 1. The molecule has 2 aromatic rings. The van der Waals surface area contributed by atoms with Gasteiger partial charge < -0.3 is 19.7 Å². The minimum absolute atomic E-state index is 0.0899. The predicted octanol–water partition coefficient (Wildman–Crippen LogP) is 5.63. The van der Waals surface area contributed by atoms with Crippen LogP contribution in [0, 0.1) is 28.1 Å². The van der Waals surface area contributed by atoms with Crippen molar-refractivity contribution in [3.63, 3.8) is 0 Å². The van der Waals surface area contributed by atoms with Gasteiger partial charge in [-0.1, -0.05) is 39.3 Å². The van der Waals surface area contributed by atoms with Crippen LogP contribution in [0.25, 0.3) is 0 Å². The molecule has 1 aliphatic heterocycles. The summed E-state index contributed by atoms with van der Waals surface area (Å²) < 4.78 is 6.31. The van der Waals surface area contributed by atoms with E-state index in [-0.39, 0.29) is 28.9 Å². The fourth-order valence-corrected chi connectivity index (χ4v) is 6.41. The number of carbonyl (C=O) groups excluding carboxylic acids is 2. The maximum Gasteiger partial charge on any atom is 0.251 e. The highest BCUT2D eigenvalue weighted by atomic mass is 35.5. The molecule has 2 aliphatic rings. The lowest BCUT2D eigenvalue weighted by molar-refractivity contribution is -0.164. The summed E-state index contributed by atoms with van der Waals surface area (Å²) in [5, 5.41) is 12.7. The second kappa shape index (κ2) is 10.1. The number of rotatable bonds is 7. The SMILES string of the molecule is CC1(C)[C@H](NC(=O)c2ccc(N3CCC(CC=O)CC3)cc2)C(C)(C)[C@H]1Oc1ccc(C#N)c(Cl)c1. The van der Waals surface area contributed by atoms with Gasteiger partial charge in [0, 0.05) is 53.7 Å². The molecular formula is C29H34ClN3O3. The standard InChI is InChI=1S/C29H34ClN3O3/c1-28(2)26(29(3,4)27(28)36-23-10-7-21(18-31)24(30)17-23)32-25(35)20-5-8-22(9-6-20)33-14-11-19(12-15-33)13-16-34/h5-10,16-17,19,26-27H,11-15H2,1-4H3,(H,32,35)/t26-,27-. The van der Waals surface area contributed by atoms with Crippen molar-refractivity contribution < 1.29 is 14.3 Å². The van der Waals surface area contributed by atoms with E-state index < -0.39 is 0 Å². The van der Waals surface area contributed by atoms with Gasteiger partial charge in [-0.05, 0) is 55.2 Å². The van der Waals surface area contributed by atoms with Gasteiger partial charge in [0.05, 0.1) is 10.6 Å². The van der Waals surface area contributed by atoms with Gasteiger partial charge in [-0.2, -0.15) is 5.26 Å². The van der Waals surface area contributed by atoms with Crippen molar-refractivity contribution >= 4 is 29.5 Å². The van der Waals surface area contributed by atoms with Crippen LogP contribution < -0.4 is 15.0 Å². The Morgan fingerprint density at radius 2 is 1.78 bits per heavy atom. The summed E-state index contributed by atoms with van der Waals surface area (Å²) in [6.45, 7) is 10.2. The molecule has 1 heterocycles. The number of nitriles is 1. The van der Waals surface area contributed by atoms with Crippen molar-refractivity contribution in [2.45, 2.75) is 59.1 Å². The highest BCUT2D eigenvalue weighted by molar-refractivity contribution is 6.31. The van der Waals surface area contributed by atoms with E-state index >= 15 is 0 Å². The number of aldehydes is 1. The first-order chi connectivity index (χ1) is 17.1. The van der Waals surface area contributed by atoms with Crippen molar-refractivity contribution in [3.8, 4) is 11.8 Å². The van der Waals surface area contributed by atoms with E-state index in [0.717, 1.165) is 37.9 Å². The Morgan fingerprint density at radius 3 is 2.33 bits per heavy atom. The van der Waals surface area contributed by atoms with Crippen LogP contribution in [0.15, 0.2) is 42.5 Å². The molecule has 1 N–H and O–H groups in total. The molecule has 1 aliphatic carbocycles. The first-order valence-corrected chi connectivity index (χ1v) is 12.9. The minimum Gasteiger partial charge on any atom is -0.489 e. The summed E-state index contributed by atoms with van der Waals surface area (Å²) in [6, 6.07) is 14.8. The number of hydrogen-bond donors (Lipinski definition) is 1. The molecule has 36 heavy (non-hydrogen) atoms. The molecule has 2 aromatic carbocycles. The Morgan fingerprint density at radius 1 is 1.14 bits per heavy atom. The van der Waals surface area contributed by atoms with Crippen LogP contribution in [-0.4, -0.2) is 37.4 Å². The normalized spacial score (nSPS) is 22.7. The zero-order chi connectivity index (χ0) is 26.1. The highest BCUT2D eigenvalue weighted by Gasteiger charge is 2.64. The molecule has 0 aromatic heterocycles. The number of carbonyl (C=O) groups is 2. The number of ether oxygens (including phenoxy) is 1. The Hall–Kier alpha value is -3.04. The molecule has 1 saturated heterocycles. The van der Waals surface area contributed by atoms with Crippen molar-refractivity contribution in [1.29, 1.82) is 5.26 Å². The van der Waals surface area contributed by atoms with E-state index in [4.69, 9.17) is 21.6 Å². The van der Waals surface area contributed by atoms with Crippen LogP contribution in [0.4, 0.5) is 5.69 Å². The number of nitrogens with zero attached hydrogens (tertiary/aromatic N) is 2. The van der Waals surface area contributed by atoms with E-state index in [1.54, 1.807) is 18.2 Å². The molecule has 6 nitrogen and oxygen atoms in total. The van der Waals surface area contributed by atoms with Crippen molar-refractivity contribution in [1.82, 2.24) is 5.32 Å². The average Bonchev–Trinajstić information content (AvgIpc) is 2.86. The number of benzene rings is 2. The number of hydrogen-bond acceptors (Lipinski definition) is 5. The fraction of sp³-hybridized carbons (Fsp3) is 0.483. The quantitative estimate of drug-likeness (QED) is 0.491. The van der Waals surface area contributed by atoms with Gasteiger partial charge in [-0.3, -0.25) is 4.79 Å². The number of amides is 1. The molecule has 1 amide bonds. The Bertz CT molecular complexity index is 1150. The molecule has 0 atom stereocenters. The van der Waals surface area contributed by atoms with Crippen molar-refractivity contribution in [3.05, 3.63) is 58.6 Å². The number of anilines is 1. The molecule has 7 heteroatoms. The summed E-state index contributed by atoms with van der Waals surface area (Å²) in [6.07, 6.45) is 3.56. The first kappa shape index (κ1) is 26.0. The molecule has 1 saturated carbocycles. The van der Waals surface area contributed by atoms with Crippen LogP contribution in [0.2, 0.25) is 5.02 Å². The lowest BCUT2D eigenvalue weighted by Crippen LogP contribution is -2.74. The topological polar surface area (TPSA) is 82.4 Å². The Labute approximate surface area is 218 Å². The van der Waals surface area contributed by atoms with E-state index in [1.807, 2.05) is 24.3 Å². The highest BCUT2D eigenvalue weighted by Crippen LogP contribution is 2.55. The second-order valence-corrected chi connectivity index (χ2v) is 11.6. The molecule has 2 fully saturated rings. The van der Waals surface area contributed by atoms with Gasteiger partial charge in [0.2, 0.25) is 0 Å². The van der Waals surface area contributed by atoms with Gasteiger partial charge in [-0.25, -0.2) is 0 Å². The molecular weight excluding hydrogens is 474 g/mol. The van der Waals surface area contributed by atoms with E-state index in [0.29, 0.717) is 34.2 Å². The summed E-state index contributed by atoms with van der Waals surface area (Å²) in [5.41, 5.74) is 1.52. The van der Waals surface area contributed by atoms with E-state index in [2.05, 4.69) is 44.0 Å². The second-order valence-electron chi connectivity index (χ2n) is 11.2. The average molecular weight is 508 g/mol. The van der Waals surface area contributed by atoms with Gasteiger partial charge in [0.15, 0.2) is 0 Å². The molecule has 0 unspecified atom stereocenters. The van der Waals surface area contributed by atoms with Crippen LogP contribution in [0.1, 0.15) is 62.9 Å². The Balaban J connectivity index is 1.39. The van der Waals surface area contributed by atoms with Crippen molar-refractivity contribution in [2.24, 2.45) is 16.7 Å². The summed E-state index contributed by atoms with van der Waals surface area (Å²) >= 11 is 6.19. The van der Waals surface area contributed by atoms with Crippen LogP contribution in [0.5, 0.6) is 5.75 Å². The summed E-state index contributed by atoms with van der Waals surface area (Å²) in [4.78, 5) is 26.2. The maximum atomic E-state index is 13.2. The zero-order valence-electron chi connectivity index (χ0n) is 21.4. The predicted molar refractivity (Wildman–Crippen MR) is 141 cm³/mol. The molecule has 4 rings (SSSR count). The third-order valence-corrected chi connectivity index (χ3v) is 8.28. The molecule has 0 bridgehead atoms. The Kier molecular flexibility index (Phi) is 7.33. The monoisotopic (exact) mass is 507 g/mol. The third kappa shape index (κ3) is 4.95. The van der Waals surface area contributed by atoms with Crippen LogP contribution in [0.3, 0.4) is 0 Å². The van der Waals surface area contributed by atoms with Crippen LogP contribution >= 0.6 is 11.6 Å². The zero-order valence-corrected chi connectivity index (χ0v) is 22.1.